The summed E-state index contributed by atoms with van der Waals surface area (Å²) in [5, 5.41) is 12.5. The van der Waals surface area contributed by atoms with Gasteiger partial charge in [0.25, 0.3) is 0 Å². The van der Waals surface area contributed by atoms with Gasteiger partial charge in [-0.1, -0.05) is 51.1 Å². The van der Waals surface area contributed by atoms with Gasteiger partial charge in [0.15, 0.2) is 0 Å². The summed E-state index contributed by atoms with van der Waals surface area (Å²) in [6.45, 7) is 6.86. The normalized spacial score (nSPS) is 14.6. The molecule has 2 N–H and O–H groups in total. The molecule has 0 spiro atoms. The molecule has 0 fully saturated rings. The highest BCUT2D eigenvalue weighted by atomic mass is 16.4. The molecule has 0 heterocycles. The van der Waals surface area contributed by atoms with Gasteiger partial charge >= 0.3 is 5.97 Å². The van der Waals surface area contributed by atoms with Crippen molar-refractivity contribution in [3.8, 4) is 0 Å². The second-order valence-corrected chi connectivity index (χ2v) is 4.59. The number of aliphatic carboxylic acids is 1. The average Bonchev–Trinajstić information content (AvgIpc) is 2.28. The minimum absolute atomic E-state index is 0.0997. The highest BCUT2D eigenvalue weighted by molar-refractivity contribution is 5.69. The zero-order chi connectivity index (χ0) is 12.9. The Morgan fingerprint density at radius 1 is 1.35 bits per heavy atom. The van der Waals surface area contributed by atoms with E-state index in [1.165, 1.54) is 0 Å². The molecule has 0 saturated carbocycles. The fourth-order valence-electron chi connectivity index (χ4n) is 2.30. The van der Waals surface area contributed by atoms with Crippen LogP contribution in [-0.4, -0.2) is 17.6 Å². The Bertz CT molecular complexity index is 362. The number of carboxylic acid groups (broad SMARTS) is 1. The Kier molecular flexibility index (Phi) is 4.70. The molecule has 0 bridgehead atoms. The molecule has 3 nitrogen and oxygen atoms in total. The zero-order valence-corrected chi connectivity index (χ0v) is 10.7. The Morgan fingerprint density at radius 3 is 2.35 bits per heavy atom. The van der Waals surface area contributed by atoms with Crippen molar-refractivity contribution in [2.45, 2.75) is 32.7 Å². The summed E-state index contributed by atoms with van der Waals surface area (Å²) in [5.74, 6) is -0.565. The first kappa shape index (κ1) is 13.7. The maximum Gasteiger partial charge on any atom is 0.305 e. The summed E-state index contributed by atoms with van der Waals surface area (Å²) >= 11 is 0. The smallest absolute Gasteiger partial charge is 0.305 e. The summed E-state index contributed by atoms with van der Waals surface area (Å²) in [4.78, 5) is 11.1. The Labute approximate surface area is 103 Å². The number of hydrogen-bond donors (Lipinski definition) is 2. The molecule has 1 aromatic carbocycles. The molecule has 1 atom stereocenters. The number of rotatable bonds is 6. The summed E-state index contributed by atoms with van der Waals surface area (Å²) in [6, 6.07) is 9.83. The summed E-state index contributed by atoms with van der Waals surface area (Å²) < 4.78 is 0. The lowest BCUT2D eigenvalue weighted by atomic mass is 9.77. The van der Waals surface area contributed by atoms with Crippen molar-refractivity contribution in [3.05, 3.63) is 35.9 Å². The Balaban J connectivity index is 3.19. The maximum absolute atomic E-state index is 11.1. The highest BCUT2D eigenvalue weighted by Gasteiger charge is 2.36. The third-order valence-corrected chi connectivity index (χ3v) is 3.20. The van der Waals surface area contributed by atoms with E-state index in [1.54, 1.807) is 0 Å². The SMILES string of the molecule is CCNC(CC(=O)O)(c1ccccc1)C(C)C. The van der Waals surface area contributed by atoms with E-state index in [4.69, 9.17) is 5.11 Å². The van der Waals surface area contributed by atoms with Gasteiger partial charge in [0.05, 0.1) is 12.0 Å². The highest BCUT2D eigenvalue weighted by Crippen LogP contribution is 2.33. The fraction of sp³-hybridized carbons (Fsp3) is 0.500. The van der Waals surface area contributed by atoms with E-state index in [9.17, 15) is 4.79 Å². The van der Waals surface area contributed by atoms with Crippen LogP contribution in [0.4, 0.5) is 0 Å². The molecule has 1 unspecified atom stereocenters. The molecule has 0 saturated heterocycles. The first-order valence-electron chi connectivity index (χ1n) is 6.05. The van der Waals surface area contributed by atoms with Crippen LogP contribution >= 0.6 is 0 Å². The van der Waals surface area contributed by atoms with Crippen LogP contribution < -0.4 is 5.32 Å². The van der Waals surface area contributed by atoms with Gasteiger partial charge in [-0.2, -0.15) is 0 Å². The molecule has 1 rings (SSSR count). The second-order valence-electron chi connectivity index (χ2n) is 4.59. The lowest BCUT2D eigenvalue weighted by Crippen LogP contribution is -2.48. The predicted octanol–water partition coefficient (Wildman–Crippen LogP) is 2.62. The van der Waals surface area contributed by atoms with Crippen LogP contribution in [0.5, 0.6) is 0 Å². The van der Waals surface area contributed by atoms with Gasteiger partial charge in [-0.05, 0) is 18.0 Å². The van der Waals surface area contributed by atoms with Crippen molar-refractivity contribution in [2.75, 3.05) is 6.54 Å². The monoisotopic (exact) mass is 235 g/mol. The molecule has 1 aromatic rings. The first-order chi connectivity index (χ1) is 8.03. The molecule has 0 aliphatic heterocycles. The van der Waals surface area contributed by atoms with Crippen molar-refractivity contribution < 1.29 is 9.90 Å². The third kappa shape index (κ3) is 3.07. The Morgan fingerprint density at radius 2 is 1.94 bits per heavy atom. The van der Waals surface area contributed by atoms with Crippen LogP contribution in [-0.2, 0) is 10.3 Å². The number of benzene rings is 1. The molecule has 0 aliphatic carbocycles. The standard InChI is InChI=1S/C14H21NO2/c1-4-15-14(11(2)3,10-13(16)17)12-8-6-5-7-9-12/h5-9,11,15H,4,10H2,1-3H3,(H,16,17). The van der Waals surface area contributed by atoms with Crippen LogP contribution in [0.15, 0.2) is 30.3 Å². The first-order valence-corrected chi connectivity index (χ1v) is 6.05. The van der Waals surface area contributed by atoms with E-state index in [1.807, 2.05) is 37.3 Å². The number of carboxylic acids is 1. The lowest BCUT2D eigenvalue weighted by molar-refractivity contribution is -0.139. The van der Waals surface area contributed by atoms with Gasteiger partial charge in [0.1, 0.15) is 0 Å². The van der Waals surface area contributed by atoms with E-state index >= 15 is 0 Å². The van der Waals surface area contributed by atoms with E-state index in [2.05, 4.69) is 19.2 Å². The van der Waals surface area contributed by atoms with Crippen LogP contribution in [0.25, 0.3) is 0 Å². The number of carbonyl (C=O) groups is 1. The number of hydrogen-bond acceptors (Lipinski definition) is 2. The van der Waals surface area contributed by atoms with Crippen LogP contribution in [0.2, 0.25) is 0 Å². The van der Waals surface area contributed by atoms with Crippen LogP contribution in [0, 0.1) is 5.92 Å². The van der Waals surface area contributed by atoms with Crippen molar-refractivity contribution >= 4 is 5.97 Å². The van der Waals surface area contributed by atoms with Gasteiger partial charge < -0.3 is 10.4 Å². The zero-order valence-electron chi connectivity index (χ0n) is 10.7. The van der Waals surface area contributed by atoms with Crippen molar-refractivity contribution in [3.63, 3.8) is 0 Å². The maximum atomic E-state index is 11.1. The van der Waals surface area contributed by atoms with E-state index < -0.39 is 11.5 Å². The predicted molar refractivity (Wildman–Crippen MR) is 68.9 cm³/mol. The van der Waals surface area contributed by atoms with Crippen LogP contribution in [0.1, 0.15) is 32.8 Å². The minimum atomic E-state index is -0.775. The van der Waals surface area contributed by atoms with Crippen molar-refractivity contribution in [1.82, 2.24) is 5.32 Å². The van der Waals surface area contributed by atoms with E-state index in [0.717, 1.165) is 12.1 Å². The third-order valence-electron chi connectivity index (χ3n) is 3.20. The number of nitrogens with one attached hydrogen (secondary N) is 1. The quantitative estimate of drug-likeness (QED) is 0.797. The fourth-order valence-corrected chi connectivity index (χ4v) is 2.30. The van der Waals surface area contributed by atoms with Gasteiger partial charge in [0, 0.05) is 0 Å². The van der Waals surface area contributed by atoms with E-state index in [-0.39, 0.29) is 12.3 Å². The summed E-state index contributed by atoms with van der Waals surface area (Å²) in [6.07, 6.45) is 0.0997. The van der Waals surface area contributed by atoms with Gasteiger partial charge in [0.2, 0.25) is 0 Å². The molecule has 0 aromatic heterocycles. The largest absolute Gasteiger partial charge is 0.481 e. The molecular formula is C14H21NO2. The topological polar surface area (TPSA) is 49.3 Å². The summed E-state index contributed by atoms with van der Waals surface area (Å²) in [7, 11) is 0. The molecule has 17 heavy (non-hydrogen) atoms. The van der Waals surface area contributed by atoms with Gasteiger partial charge in [-0.15, -0.1) is 0 Å². The second kappa shape index (κ2) is 5.82. The van der Waals surface area contributed by atoms with Gasteiger partial charge in [-0.3, -0.25) is 4.79 Å². The molecule has 94 valence electrons. The minimum Gasteiger partial charge on any atom is -0.481 e. The lowest BCUT2D eigenvalue weighted by Gasteiger charge is -2.38. The summed E-state index contributed by atoms with van der Waals surface area (Å²) in [5.41, 5.74) is 0.557. The average molecular weight is 235 g/mol. The van der Waals surface area contributed by atoms with E-state index in [0.29, 0.717) is 0 Å². The molecule has 0 radical (unpaired) electrons. The van der Waals surface area contributed by atoms with Crippen LogP contribution in [0.3, 0.4) is 0 Å². The van der Waals surface area contributed by atoms with Crippen molar-refractivity contribution in [2.24, 2.45) is 5.92 Å². The Hall–Kier alpha value is -1.35. The van der Waals surface area contributed by atoms with Gasteiger partial charge in [-0.25, -0.2) is 0 Å². The molecule has 0 amide bonds. The van der Waals surface area contributed by atoms with Crippen molar-refractivity contribution in [1.29, 1.82) is 0 Å². The molecule has 3 heteroatoms. The molecular weight excluding hydrogens is 214 g/mol. The molecule has 0 aliphatic rings.